The lowest BCUT2D eigenvalue weighted by Crippen LogP contribution is -2.34. The van der Waals surface area contributed by atoms with E-state index in [9.17, 15) is 13.2 Å². The Morgan fingerprint density at radius 2 is 1.95 bits per heavy atom. The van der Waals surface area contributed by atoms with E-state index in [2.05, 4.69) is 20.7 Å². The normalized spacial score (nSPS) is 13.3. The fourth-order valence-electron chi connectivity index (χ4n) is 1.94. The summed E-state index contributed by atoms with van der Waals surface area (Å²) in [5, 5.41) is 9.11. The lowest BCUT2D eigenvalue weighted by molar-refractivity contribution is -0.142. The highest BCUT2D eigenvalue weighted by Crippen LogP contribution is 2.18. The summed E-state index contributed by atoms with van der Waals surface area (Å²) in [6.45, 7) is 3.73. The Balaban J connectivity index is 2.68. The van der Waals surface area contributed by atoms with Gasteiger partial charge in [0, 0.05) is 11.0 Å². The van der Waals surface area contributed by atoms with Crippen molar-refractivity contribution in [3.8, 4) is 0 Å². The molecule has 1 rings (SSSR count). The van der Waals surface area contributed by atoms with Crippen LogP contribution in [0.1, 0.15) is 25.8 Å². The highest BCUT2D eigenvalue weighted by atomic mass is 79.9. The Bertz CT molecular complexity index is 586. The highest BCUT2D eigenvalue weighted by Gasteiger charge is 2.22. The van der Waals surface area contributed by atoms with Crippen molar-refractivity contribution in [2.45, 2.75) is 26.0 Å². The van der Waals surface area contributed by atoms with E-state index in [0.29, 0.717) is 16.5 Å². The van der Waals surface area contributed by atoms with Gasteiger partial charge in [0.05, 0.1) is 11.7 Å². The number of carbonyl (C=O) groups is 1. The smallest absolute Gasteiger partial charge is 0.307 e. The van der Waals surface area contributed by atoms with Gasteiger partial charge in [-0.3, -0.25) is 4.79 Å². The molecule has 1 aromatic rings. The molecule has 0 radical (unpaired) electrons. The molecule has 0 heterocycles. The number of halogens is 1. The molecule has 0 spiro atoms. The first-order valence-corrected chi connectivity index (χ1v) is 9.09. The number of hydrogen-bond acceptors (Lipinski definition) is 3. The molecule has 0 saturated heterocycles. The predicted molar refractivity (Wildman–Crippen MR) is 85.3 cm³/mol. The van der Waals surface area contributed by atoms with E-state index >= 15 is 0 Å². The first-order valence-electron chi connectivity index (χ1n) is 6.65. The van der Waals surface area contributed by atoms with Gasteiger partial charge in [-0.2, -0.15) is 0 Å². The van der Waals surface area contributed by atoms with Crippen molar-refractivity contribution in [1.82, 2.24) is 4.72 Å². The second kappa shape index (κ2) is 7.91. The van der Waals surface area contributed by atoms with E-state index in [1.165, 1.54) is 0 Å². The van der Waals surface area contributed by atoms with Crippen LogP contribution in [0.2, 0.25) is 0 Å². The summed E-state index contributed by atoms with van der Waals surface area (Å²) < 4.78 is 27.2. The topological polar surface area (TPSA) is 83.5 Å². The number of nitrogens with one attached hydrogen (secondary N) is 1. The summed E-state index contributed by atoms with van der Waals surface area (Å²) >= 11 is 3.30. The van der Waals surface area contributed by atoms with E-state index in [1.807, 2.05) is 13.8 Å². The zero-order chi connectivity index (χ0) is 16.0. The third-order valence-electron chi connectivity index (χ3n) is 2.96. The second-order valence-electron chi connectivity index (χ2n) is 5.36. The van der Waals surface area contributed by atoms with Crippen LogP contribution in [0, 0.1) is 11.8 Å². The Kier molecular flexibility index (Phi) is 6.83. The SMILES string of the molecule is CC(C)CC(CNS(=O)(=O)Cc1ccccc1Br)C(=O)O. The standard InChI is InChI=1S/C14H20BrNO4S/c1-10(2)7-12(14(17)18)8-16-21(19,20)9-11-5-3-4-6-13(11)15/h3-6,10,12,16H,7-9H2,1-2H3,(H,17,18). The van der Waals surface area contributed by atoms with Gasteiger partial charge >= 0.3 is 5.97 Å². The van der Waals surface area contributed by atoms with Crippen molar-refractivity contribution in [3.63, 3.8) is 0 Å². The average molecular weight is 378 g/mol. The molecule has 7 heteroatoms. The van der Waals surface area contributed by atoms with E-state index in [4.69, 9.17) is 5.11 Å². The van der Waals surface area contributed by atoms with Crippen molar-refractivity contribution in [1.29, 1.82) is 0 Å². The van der Waals surface area contributed by atoms with Crippen LogP contribution >= 0.6 is 15.9 Å². The molecule has 5 nitrogen and oxygen atoms in total. The Hall–Kier alpha value is -0.920. The van der Waals surface area contributed by atoms with Crippen LogP contribution in [0.5, 0.6) is 0 Å². The minimum absolute atomic E-state index is 0.0830. The van der Waals surface area contributed by atoms with Crippen LogP contribution < -0.4 is 4.72 Å². The fraction of sp³-hybridized carbons (Fsp3) is 0.500. The van der Waals surface area contributed by atoms with Crippen molar-refractivity contribution < 1.29 is 18.3 Å². The first-order chi connectivity index (χ1) is 9.71. The molecule has 0 amide bonds. The van der Waals surface area contributed by atoms with Crippen LogP contribution in [0.4, 0.5) is 0 Å². The van der Waals surface area contributed by atoms with Gasteiger partial charge in [-0.05, 0) is 24.0 Å². The largest absolute Gasteiger partial charge is 0.481 e. The molecule has 118 valence electrons. The molecule has 0 fully saturated rings. The quantitative estimate of drug-likeness (QED) is 0.729. The van der Waals surface area contributed by atoms with Crippen molar-refractivity contribution in [3.05, 3.63) is 34.3 Å². The Morgan fingerprint density at radius 1 is 1.33 bits per heavy atom. The number of aliphatic carboxylic acids is 1. The molecule has 0 aromatic heterocycles. The lowest BCUT2D eigenvalue weighted by atomic mass is 9.98. The van der Waals surface area contributed by atoms with E-state index in [1.54, 1.807) is 24.3 Å². The number of carboxylic acids is 1. The predicted octanol–water partition coefficient (Wildman–Crippen LogP) is 2.62. The number of hydrogen-bond donors (Lipinski definition) is 2. The van der Waals surface area contributed by atoms with Crippen LogP contribution in [-0.2, 0) is 20.6 Å². The Morgan fingerprint density at radius 3 is 2.48 bits per heavy atom. The summed E-state index contributed by atoms with van der Waals surface area (Å²) in [4.78, 5) is 11.1. The summed E-state index contributed by atoms with van der Waals surface area (Å²) in [6.07, 6.45) is 0.437. The van der Waals surface area contributed by atoms with Crippen LogP contribution in [0.15, 0.2) is 28.7 Å². The monoisotopic (exact) mass is 377 g/mol. The molecule has 2 N–H and O–H groups in total. The number of rotatable bonds is 8. The lowest BCUT2D eigenvalue weighted by Gasteiger charge is -2.15. The van der Waals surface area contributed by atoms with Gasteiger partial charge in [-0.25, -0.2) is 13.1 Å². The van der Waals surface area contributed by atoms with Crippen LogP contribution in [0.25, 0.3) is 0 Å². The molecule has 1 atom stereocenters. The molecule has 0 aliphatic heterocycles. The van der Waals surface area contributed by atoms with Gasteiger partial charge in [0.25, 0.3) is 0 Å². The summed E-state index contributed by atoms with van der Waals surface area (Å²) in [7, 11) is -3.56. The minimum Gasteiger partial charge on any atom is -0.481 e. The van der Waals surface area contributed by atoms with Gasteiger partial charge in [-0.1, -0.05) is 48.0 Å². The maximum Gasteiger partial charge on any atom is 0.307 e. The third kappa shape index (κ3) is 6.58. The molecule has 0 aliphatic carbocycles. The van der Waals surface area contributed by atoms with Crippen molar-refractivity contribution >= 4 is 31.9 Å². The molecule has 0 bridgehead atoms. The molecule has 0 aliphatic rings. The third-order valence-corrected chi connectivity index (χ3v) is 5.03. The molecular weight excluding hydrogens is 358 g/mol. The van der Waals surface area contributed by atoms with Gasteiger partial charge in [0.15, 0.2) is 0 Å². The average Bonchev–Trinajstić information content (AvgIpc) is 2.36. The summed E-state index contributed by atoms with van der Waals surface area (Å²) in [6, 6.07) is 7.04. The molecule has 1 aromatic carbocycles. The van der Waals surface area contributed by atoms with E-state index < -0.39 is 21.9 Å². The van der Waals surface area contributed by atoms with Crippen molar-refractivity contribution in [2.75, 3.05) is 6.54 Å². The maximum absolute atomic E-state index is 12.0. The van der Waals surface area contributed by atoms with Gasteiger partial charge in [0.1, 0.15) is 0 Å². The molecule has 0 saturated carbocycles. The van der Waals surface area contributed by atoms with Gasteiger partial charge < -0.3 is 5.11 Å². The van der Waals surface area contributed by atoms with Crippen molar-refractivity contribution in [2.24, 2.45) is 11.8 Å². The molecule has 1 unspecified atom stereocenters. The first kappa shape index (κ1) is 18.1. The zero-order valence-electron chi connectivity index (χ0n) is 12.0. The second-order valence-corrected chi connectivity index (χ2v) is 8.02. The highest BCUT2D eigenvalue weighted by molar-refractivity contribution is 9.10. The van der Waals surface area contributed by atoms with E-state index in [0.717, 1.165) is 0 Å². The summed E-state index contributed by atoms with van der Waals surface area (Å²) in [5.74, 6) is -1.67. The zero-order valence-corrected chi connectivity index (χ0v) is 14.4. The maximum atomic E-state index is 12.0. The molecular formula is C14H20BrNO4S. The minimum atomic E-state index is -3.56. The van der Waals surface area contributed by atoms with Crippen LogP contribution in [-0.4, -0.2) is 26.0 Å². The molecule has 21 heavy (non-hydrogen) atoms. The fourth-order valence-corrected chi connectivity index (χ4v) is 3.77. The summed E-state index contributed by atoms with van der Waals surface area (Å²) in [5.41, 5.74) is 0.640. The van der Waals surface area contributed by atoms with Gasteiger partial charge in [0.2, 0.25) is 10.0 Å². The number of benzene rings is 1. The number of sulfonamides is 1. The van der Waals surface area contributed by atoms with Gasteiger partial charge in [-0.15, -0.1) is 0 Å². The Labute approximate surface area is 133 Å². The van der Waals surface area contributed by atoms with Crippen LogP contribution in [0.3, 0.4) is 0 Å². The number of carboxylic acid groups (broad SMARTS) is 1. The van der Waals surface area contributed by atoms with E-state index in [-0.39, 0.29) is 18.2 Å².